The van der Waals surface area contributed by atoms with Crippen molar-refractivity contribution in [1.82, 2.24) is 20.1 Å². The molecule has 2 aromatic carbocycles. The number of benzene rings is 2. The first-order valence-electron chi connectivity index (χ1n) is 10.7. The molecule has 0 saturated carbocycles. The Labute approximate surface area is 198 Å². The number of amides is 2. The first kappa shape index (κ1) is 24.3. The van der Waals surface area contributed by atoms with Crippen molar-refractivity contribution in [2.24, 2.45) is 0 Å². The summed E-state index contributed by atoms with van der Waals surface area (Å²) in [4.78, 5) is 25.1. The molecule has 2 amide bonds. The molecule has 0 unspecified atom stereocenters. The molecule has 0 aliphatic rings. The third kappa shape index (κ3) is 6.13. The lowest BCUT2D eigenvalue weighted by Crippen LogP contribution is -2.28. The Morgan fingerprint density at radius 2 is 1.88 bits per heavy atom. The number of ether oxygens (including phenoxy) is 1. The minimum Gasteiger partial charge on any atom is -0.495 e. The number of thioether (sulfide) groups is 1. The van der Waals surface area contributed by atoms with Gasteiger partial charge in [0, 0.05) is 12.1 Å². The van der Waals surface area contributed by atoms with E-state index < -0.39 is 0 Å². The lowest BCUT2D eigenvalue weighted by atomic mass is 10.1. The van der Waals surface area contributed by atoms with Crippen LogP contribution >= 0.6 is 11.8 Å². The number of carbonyl (C=O) groups excluding carboxylic acids is 2. The Morgan fingerprint density at radius 3 is 2.58 bits per heavy atom. The fourth-order valence-corrected chi connectivity index (χ4v) is 4.20. The maximum atomic E-state index is 12.6. The summed E-state index contributed by atoms with van der Waals surface area (Å²) >= 11 is 1.30. The molecular weight excluding hydrogens is 438 g/mol. The maximum Gasteiger partial charge on any atom is 0.251 e. The number of nitrogens with zero attached hydrogens (tertiary/aromatic N) is 3. The first-order chi connectivity index (χ1) is 15.8. The summed E-state index contributed by atoms with van der Waals surface area (Å²) in [6.07, 6.45) is 0. The number of methoxy groups -OCH3 is 1. The average Bonchev–Trinajstić information content (AvgIpc) is 3.21. The highest BCUT2D eigenvalue weighted by Gasteiger charge is 2.20. The van der Waals surface area contributed by atoms with Crippen LogP contribution in [0.25, 0.3) is 0 Å². The van der Waals surface area contributed by atoms with Gasteiger partial charge in [-0.3, -0.25) is 9.59 Å². The number of aromatic nitrogens is 3. The lowest BCUT2D eigenvalue weighted by Gasteiger charge is -2.15. The van der Waals surface area contributed by atoms with Crippen molar-refractivity contribution in [3.8, 4) is 5.75 Å². The quantitative estimate of drug-likeness (QED) is 0.459. The van der Waals surface area contributed by atoms with Gasteiger partial charge in [-0.25, -0.2) is 0 Å². The molecule has 33 heavy (non-hydrogen) atoms. The van der Waals surface area contributed by atoms with E-state index in [0.29, 0.717) is 34.5 Å². The molecule has 0 aliphatic carbocycles. The third-order valence-corrected chi connectivity index (χ3v) is 6.01. The van der Waals surface area contributed by atoms with Crippen molar-refractivity contribution in [2.45, 2.75) is 45.4 Å². The van der Waals surface area contributed by atoms with E-state index in [0.717, 1.165) is 11.1 Å². The summed E-state index contributed by atoms with van der Waals surface area (Å²) < 4.78 is 7.23. The number of hydrogen-bond donors (Lipinski definition) is 2. The molecule has 2 N–H and O–H groups in total. The lowest BCUT2D eigenvalue weighted by molar-refractivity contribution is -0.113. The van der Waals surface area contributed by atoms with Gasteiger partial charge in [0.25, 0.3) is 5.91 Å². The van der Waals surface area contributed by atoms with Gasteiger partial charge >= 0.3 is 0 Å². The van der Waals surface area contributed by atoms with E-state index in [4.69, 9.17) is 4.74 Å². The fraction of sp³-hybridized carbons (Fsp3) is 0.333. The van der Waals surface area contributed by atoms with Crippen LogP contribution in [0.2, 0.25) is 0 Å². The number of hydrogen-bond acceptors (Lipinski definition) is 6. The first-order valence-corrected chi connectivity index (χ1v) is 11.7. The van der Waals surface area contributed by atoms with E-state index in [2.05, 4.69) is 20.8 Å². The van der Waals surface area contributed by atoms with Crippen LogP contribution in [0.4, 0.5) is 5.69 Å². The molecule has 3 aromatic rings. The molecule has 0 radical (unpaired) electrons. The molecule has 0 fully saturated rings. The molecule has 1 atom stereocenters. The minimum absolute atomic E-state index is 0.166. The number of aryl methyl sites for hydroxylation is 2. The van der Waals surface area contributed by atoms with Crippen molar-refractivity contribution < 1.29 is 14.3 Å². The highest BCUT2D eigenvalue weighted by atomic mass is 32.2. The molecule has 0 aliphatic heterocycles. The second kappa shape index (κ2) is 11.0. The second-order valence-electron chi connectivity index (χ2n) is 7.69. The number of rotatable bonds is 9. The standard InChI is InChI=1S/C24H29N5O3S/c1-6-29-22(17(4)25-23(31)18-9-7-8-15(2)12-18)27-28-24(29)33-14-21(30)26-19-13-16(3)10-11-20(19)32-5/h7-13,17H,6,14H2,1-5H3,(H,25,31)(H,26,30)/t17-/m0/s1. The Morgan fingerprint density at radius 1 is 1.12 bits per heavy atom. The second-order valence-corrected chi connectivity index (χ2v) is 8.63. The van der Waals surface area contributed by atoms with Crippen LogP contribution in [0, 0.1) is 13.8 Å². The van der Waals surface area contributed by atoms with E-state index in [1.807, 2.05) is 68.7 Å². The van der Waals surface area contributed by atoms with Crippen molar-refractivity contribution in [1.29, 1.82) is 0 Å². The highest BCUT2D eigenvalue weighted by Crippen LogP contribution is 2.26. The van der Waals surface area contributed by atoms with Crippen LogP contribution in [0.15, 0.2) is 47.6 Å². The van der Waals surface area contributed by atoms with Crippen LogP contribution in [0.3, 0.4) is 0 Å². The topological polar surface area (TPSA) is 98.1 Å². The van der Waals surface area contributed by atoms with Crippen LogP contribution in [-0.4, -0.2) is 39.4 Å². The molecule has 174 valence electrons. The molecule has 0 spiro atoms. The number of anilines is 1. The Kier molecular flexibility index (Phi) is 8.11. The normalized spacial score (nSPS) is 11.7. The molecule has 0 bridgehead atoms. The molecule has 9 heteroatoms. The van der Waals surface area contributed by atoms with E-state index >= 15 is 0 Å². The van der Waals surface area contributed by atoms with Gasteiger partial charge in [-0.15, -0.1) is 10.2 Å². The van der Waals surface area contributed by atoms with Crippen molar-refractivity contribution in [3.63, 3.8) is 0 Å². The predicted molar refractivity (Wildman–Crippen MR) is 130 cm³/mol. The fourth-order valence-electron chi connectivity index (χ4n) is 3.39. The van der Waals surface area contributed by atoms with Crippen LogP contribution in [0.1, 0.15) is 47.2 Å². The highest BCUT2D eigenvalue weighted by molar-refractivity contribution is 7.99. The average molecular weight is 468 g/mol. The zero-order valence-electron chi connectivity index (χ0n) is 19.5. The van der Waals surface area contributed by atoms with Gasteiger partial charge in [0.2, 0.25) is 5.91 Å². The molecule has 8 nitrogen and oxygen atoms in total. The SMILES string of the molecule is CCn1c(SCC(=O)Nc2cc(C)ccc2OC)nnc1[C@H](C)NC(=O)c1cccc(C)c1. The summed E-state index contributed by atoms with van der Waals surface area (Å²) in [5, 5.41) is 15.0. The van der Waals surface area contributed by atoms with E-state index in [1.165, 1.54) is 11.8 Å². The third-order valence-electron chi connectivity index (χ3n) is 5.04. The zero-order chi connectivity index (χ0) is 24.0. The number of nitrogens with one attached hydrogen (secondary N) is 2. The van der Waals surface area contributed by atoms with Gasteiger partial charge in [-0.2, -0.15) is 0 Å². The number of carbonyl (C=O) groups is 2. The monoisotopic (exact) mass is 467 g/mol. The summed E-state index contributed by atoms with van der Waals surface area (Å²) in [5.74, 6) is 1.08. The maximum absolute atomic E-state index is 12.6. The van der Waals surface area contributed by atoms with Crippen LogP contribution in [0.5, 0.6) is 5.75 Å². The van der Waals surface area contributed by atoms with Gasteiger partial charge in [-0.05, 0) is 57.5 Å². The summed E-state index contributed by atoms with van der Waals surface area (Å²) in [6, 6.07) is 12.7. The molecule has 3 rings (SSSR count). The van der Waals surface area contributed by atoms with E-state index in [-0.39, 0.29) is 23.6 Å². The van der Waals surface area contributed by atoms with Crippen molar-refractivity contribution >= 4 is 29.3 Å². The predicted octanol–water partition coefficient (Wildman–Crippen LogP) is 4.15. The molecule has 1 heterocycles. The van der Waals surface area contributed by atoms with Crippen molar-refractivity contribution in [2.75, 3.05) is 18.2 Å². The van der Waals surface area contributed by atoms with E-state index in [1.54, 1.807) is 13.2 Å². The van der Waals surface area contributed by atoms with Crippen molar-refractivity contribution in [3.05, 3.63) is 65.0 Å². The minimum atomic E-state index is -0.342. The molecule has 0 saturated heterocycles. The van der Waals surface area contributed by atoms with Gasteiger partial charge < -0.3 is 19.9 Å². The van der Waals surface area contributed by atoms with Crippen LogP contribution in [-0.2, 0) is 11.3 Å². The largest absolute Gasteiger partial charge is 0.495 e. The zero-order valence-corrected chi connectivity index (χ0v) is 20.3. The van der Waals surface area contributed by atoms with Gasteiger partial charge in [-0.1, -0.05) is 35.5 Å². The van der Waals surface area contributed by atoms with Crippen LogP contribution < -0.4 is 15.4 Å². The molecule has 1 aromatic heterocycles. The Balaban J connectivity index is 1.65. The smallest absolute Gasteiger partial charge is 0.251 e. The summed E-state index contributed by atoms with van der Waals surface area (Å²) in [7, 11) is 1.57. The Hall–Kier alpha value is -3.33. The molecular formula is C24H29N5O3S. The van der Waals surface area contributed by atoms with Gasteiger partial charge in [0.1, 0.15) is 5.75 Å². The van der Waals surface area contributed by atoms with E-state index in [9.17, 15) is 9.59 Å². The Bertz CT molecular complexity index is 1140. The summed E-state index contributed by atoms with van der Waals surface area (Å²) in [6.45, 7) is 8.36. The van der Waals surface area contributed by atoms with Gasteiger partial charge in [0.15, 0.2) is 11.0 Å². The van der Waals surface area contributed by atoms with Gasteiger partial charge in [0.05, 0.1) is 24.6 Å². The summed E-state index contributed by atoms with van der Waals surface area (Å²) in [5.41, 5.74) is 3.28.